The summed E-state index contributed by atoms with van der Waals surface area (Å²) in [7, 11) is 0. The van der Waals surface area contributed by atoms with E-state index in [9.17, 15) is 14.4 Å². The Morgan fingerprint density at radius 1 is 1.02 bits per heavy atom. The maximum atomic E-state index is 15.0. The molecule has 1 aromatic heterocycles. The molecule has 7 N–H and O–H groups in total. The van der Waals surface area contributed by atoms with Gasteiger partial charge >= 0.3 is 6.09 Å². The Hall–Kier alpha value is -4.52. The van der Waals surface area contributed by atoms with Crippen LogP contribution >= 0.6 is 11.3 Å². The number of nitrogens with one attached hydrogen (secondary N) is 1. The van der Waals surface area contributed by atoms with E-state index in [0.717, 1.165) is 11.3 Å². The molecule has 3 aromatic carbocycles. The van der Waals surface area contributed by atoms with E-state index in [1.165, 1.54) is 4.90 Å². The number of alkyl halides is 1. The quantitative estimate of drug-likeness (QED) is 0.229. The maximum absolute atomic E-state index is 15.0. The van der Waals surface area contributed by atoms with Gasteiger partial charge in [0.05, 0.1) is 28.2 Å². The number of hydrogen-bond acceptors (Lipinski definition) is 9. The van der Waals surface area contributed by atoms with E-state index < -0.39 is 47.2 Å². The SMILES string of the molecule is CC(C)(C)OC(=O)N1C[C@H](NC(=O)c2sc3c(N)ccc4c3c2C(N)C(=O)C4(N)c2ccc(Oc3ccccc3)cc2)[C@@H](F)C1. The lowest BCUT2D eigenvalue weighted by Gasteiger charge is -2.36. The molecule has 1 aliphatic carbocycles. The zero-order valence-corrected chi connectivity index (χ0v) is 25.8. The summed E-state index contributed by atoms with van der Waals surface area (Å²) in [4.78, 5) is 41.6. The molecule has 0 radical (unpaired) electrons. The minimum Gasteiger partial charge on any atom is -0.457 e. The molecule has 6 rings (SSSR count). The number of likely N-dealkylation sites (tertiary alicyclic amines) is 1. The molecule has 1 fully saturated rings. The molecular weight excluding hydrogens is 597 g/mol. The van der Waals surface area contributed by atoms with E-state index in [1.807, 2.05) is 30.3 Å². The predicted molar refractivity (Wildman–Crippen MR) is 170 cm³/mol. The van der Waals surface area contributed by atoms with Crippen LogP contribution < -0.4 is 27.3 Å². The Morgan fingerprint density at radius 3 is 2.36 bits per heavy atom. The second-order valence-corrected chi connectivity index (χ2v) is 13.3. The summed E-state index contributed by atoms with van der Waals surface area (Å²) in [6, 6.07) is 17.2. The van der Waals surface area contributed by atoms with Gasteiger partial charge in [0.25, 0.3) is 5.91 Å². The molecule has 0 spiro atoms. The first-order chi connectivity index (χ1) is 21.3. The molecule has 1 saturated heterocycles. The van der Waals surface area contributed by atoms with Crippen LogP contribution in [0.3, 0.4) is 0 Å². The van der Waals surface area contributed by atoms with Crippen molar-refractivity contribution in [2.24, 2.45) is 11.5 Å². The topological polar surface area (TPSA) is 163 Å². The van der Waals surface area contributed by atoms with Crippen LogP contribution in [0.5, 0.6) is 11.5 Å². The van der Waals surface area contributed by atoms with E-state index in [-0.39, 0.29) is 18.0 Å². The summed E-state index contributed by atoms with van der Waals surface area (Å²) in [6.45, 7) is 4.86. The van der Waals surface area contributed by atoms with Gasteiger partial charge in [-0.3, -0.25) is 9.59 Å². The maximum Gasteiger partial charge on any atom is 0.410 e. The Labute approximate surface area is 263 Å². The van der Waals surface area contributed by atoms with Crippen molar-refractivity contribution in [1.29, 1.82) is 0 Å². The molecule has 2 unspecified atom stereocenters. The third kappa shape index (κ3) is 5.39. The molecule has 12 heteroatoms. The number of ether oxygens (including phenoxy) is 2. The standard InChI is InChI=1S/C33H34FN5O5S/c1-32(2,3)44-31(42)39-15-21(34)23(16-39)38-30(41)28-25-24-20(13-14-22(35)27(24)45-28)33(37,29(40)26(25)36)17-9-11-19(12-10-17)43-18-7-5-4-6-8-18/h4-14,21,23,26H,15-16,35-37H2,1-3H3,(H,38,41)/t21-,23-,26?,33?/m0/s1. The van der Waals surface area contributed by atoms with Crippen LogP contribution in [0.4, 0.5) is 14.9 Å². The van der Waals surface area contributed by atoms with Gasteiger partial charge in [-0.1, -0.05) is 36.4 Å². The Balaban J connectivity index is 1.32. The first-order valence-corrected chi connectivity index (χ1v) is 15.3. The molecular formula is C33H34FN5O5S. The molecule has 2 amide bonds. The average Bonchev–Trinajstić information content (AvgIpc) is 3.57. The fraction of sp³-hybridized carbons (Fsp3) is 0.303. The summed E-state index contributed by atoms with van der Waals surface area (Å²) in [5.41, 5.74) is 19.1. The minimum atomic E-state index is -1.64. The van der Waals surface area contributed by atoms with E-state index in [4.69, 9.17) is 26.7 Å². The zero-order valence-electron chi connectivity index (χ0n) is 25.0. The van der Waals surface area contributed by atoms with Gasteiger partial charge in [-0.2, -0.15) is 0 Å². The van der Waals surface area contributed by atoms with Crippen molar-refractivity contribution < 1.29 is 28.2 Å². The smallest absolute Gasteiger partial charge is 0.410 e. The van der Waals surface area contributed by atoms with Crippen molar-refractivity contribution in [2.75, 3.05) is 18.8 Å². The highest BCUT2D eigenvalue weighted by molar-refractivity contribution is 7.21. The highest BCUT2D eigenvalue weighted by atomic mass is 32.1. The lowest BCUT2D eigenvalue weighted by molar-refractivity contribution is -0.124. The molecule has 45 heavy (non-hydrogen) atoms. The molecule has 0 saturated carbocycles. The molecule has 10 nitrogen and oxygen atoms in total. The summed E-state index contributed by atoms with van der Waals surface area (Å²) in [5, 5.41) is 3.23. The molecule has 234 valence electrons. The molecule has 4 atom stereocenters. The van der Waals surface area contributed by atoms with Crippen molar-refractivity contribution in [3.8, 4) is 11.5 Å². The average molecular weight is 632 g/mol. The number of ketones is 1. The fourth-order valence-corrected chi connectivity index (χ4v) is 7.07. The second kappa shape index (κ2) is 11.1. The van der Waals surface area contributed by atoms with Crippen molar-refractivity contribution in [1.82, 2.24) is 10.2 Å². The number of thiophene rings is 1. The number of halogens is 1. The number of amides is 2. The van der Waals surface area contributed by atoms with Crippen LogP contribution in [0.25, 0.3) is 10.1 Å². The Morgan fingerprint density at radius 2 is 1.69 bits per heavy atom. The minimum absolute atomic E-state index is 0.0731. The molecule has 0 bridgehead atoms. The van der Waals surface area contributed by atoms with Crippen LogP contribution in [0.15, 0.2) is 66.7 Å². The molecule has 1 aliphatic heterocycles. The number of Topliss-reactive ketones (excluding diaryl/α,β-unsaturated/α-hetero) is 1. The zero-order chi connectivity index (χ0) is 32.3. The lowest BCUT2D eigenvalue weighted by atomic mass is 9.70. The van der Waals surface area contributed by atoms with Gasteiger partial charge in [0.15, 0.2) is 5.78 Å². The highest BCUT2D eigenvalue weighted by Crippen LogP contribution is 2.49. The second-order valence-electron chi connectivity index (χ2n) is 12.3. The van der Waals surface area contributed by atoms with Crippen molar-refractivity contribution in [2.45, 2.75) is 50.2 Å². The largest absolute Gasteiger partial charge is 0.457 e. The summed E-state index contributed by atoms with van der Waals surface area (Å²) in [6.07, 6.45) is -2.18. The monoisotopic (exact) mass is 631 g/mol. The van der Waals surface area contributed by atoms with Gasteiger partial charge in [-0.05, 0) is 62.2 Å². The van der Waals surface area contributed by atoms with Gasteiger partial charge < -0.3 is 36.9 Å². The van der Waals surface area contributed by atoms with Gasteiger partial charge in [0, 0.05) is 23.2 Å². The highest BCUT2D eigenvalue weighted by Gasteiger charge is 2.49. The summed E-state index contributed by atoms with van der Waals surface area (Å²) >= 11 is 1.07. The van der Waals surface area contributed by atoms with Gasteiger partial charge in [0.1, 0.15) is 28.8 Å². The molecule has 2 aliphatic rings. The number of nitrogens with zero attached hydrogens (tertiary/aromatic N) is 1. The van der Waals surface area contributed by atoms with Crippen molar-refractivity contribution >= 4 is 44.9 Å². The van der Waals surface area contributed by atoms with E-state index in [2.05, 4.69) is 5.32 Å². The summed E-state index contributed by atoms with van der Waals surface area (Å²) < 4.78 is 26.8. The van der Waals surface area contributed by atoms with Crippen molar-refractivity contribution in [3.05, 3.63) is 88.3 Å². The third-order valence-electron chi connectivity index (χ3n) is 8.02. The van der Waals surface area contributed by atoms with Gasteiger partial charge in [-0.15, -0.1) is 11.3 Å². The Kier molecular flexibility index (Phi) is 7.54. The van der Waals surface area contributed by atoms with E-state index in [1.54, 1.807) is 57.2 Å². The molecule has 2 heterocycles. The number of para-hydroxylation sites is 1. The molecule has 4 aromatic rings. The van der Waals surface area contributed by atoms with Crippen LogP contribution in [0.1, 0.15) is 53.2 Å². The van der Waals surface area contributed by atoms with Crippen LogP contribution in [-0.4, -0.2) is 53.6 Å². The third-order valence-corrected chi connectivity index (χ3v) is 9.28. The number of nitrogens with two attached hydrogens (primary N) is 3. The lowest BCUT2D eigenvalue weighted by Crippen LogP contribution is -2.52. The number of nitrogen functional groups attached to an aromatic ring is 1. The number of carbonyl (C=O) groups is 3. The van der Waals surface area contributed by atoms with E-state index >= 15 is 4.39 Å². The number of anilines is 1. The van der Waals surface area contributed by atoms with Crippen molar-refractivity contribution in [3.63, 3.8) is 0 Å². The normalized spacial score (nSPS) is 22.8. The fourth-order valence-electron chi connectivity index (χ4n) is 5.87. The Bertz CT molecular complexity index is 1810. The summed E-state index contributed by atoms with van der Waals surface area (Å²) in [5.74, 6) is 0.0877. The van der Waals surface area contributed by atoms with Crippen LogP contribution in [0, 0.1) is 0 Å². The first-order valence-electron chi connectivity index (χ1n) is 14.5. The van der Waals surface area contributed by atoms with Crippen LogP contribution in [-0.2, 0) is 15.1 Å². The van der Waals surface area contributed by atoms with Gasteiger partial charge in [0.2, 0.25) is 0 Å². The van der Waals surface area contributed by atoms with Crippen LogP contribution in [0.2, 0.25) is 0 Å². The van der Waals surface area contributed by atoms with Gasteiger partial charge in [-0.25, -0.2) is 9.18 Å². The number of rotatable bonds is 5. The first kappa shape index (κ1) is 30.5. The predicted octanol–water partition coefficient (Wildman–Crippen LogP) is 4.75. The number of carbonyl (C=O) groups excluding carboxylic acids is 3. The van der Waals surface area contributed by atoms with E-state index in [0.29, 0.717) is 44.0 Å². The number of benzene rings is 3. The number of hydrogen-bond donors (Lipinski definition) is 4.